The molecule has 3 heteroatoms. The van der Waals surface area contributed by atoms with Gasteiger partial charge >= 0.3 is 0 Å². The summed E-state index contributed by atoms with van der Waals surface area (Å²) in [4.78, 5) is 0. The molecule has 0 aliphatic rings. The standard InChI is InChI=1S/C11H8ClN2/c12-11(9-5-2-1-3-6-9)10-7-4-8-13-14-10/h1-8H. The van der Waals surface area contributed by atoms with Gasteiger partial charge in [0.2, 0.25) is 0 Å². The Bertz CT molecular complexity index is 349. The number of hydrogen-bond donors (Lipinski definition) is 0. The van der Waals surface area contributed by atoms with E-state index in [2.05, 4.69) is 10.2 Å². The normalized spacial score (nSPS) is 10.4. The highest BCUT2D eigenvalue weighted by atomic mass is 35.5. The minimum atomic E-state index is 0.624. The highest BCUT2D eigenvalue weighted by molar-refractivity contribution is 6.31. The predicted molar refractivity (Wildman–Crippen MR) is 55.8 cm³/mol. The average molecular weight is 204 g/mol. The van der Waals surface area contributed by atoms with Crippen LogP contribution in [0.15, 0.2) is 48.7 Å². The molecule has 0 atom stereocenters. The molecule has 69 valence electrons. The highest BCUT2D eigenvalue weighted by Gasteiger charge is 2.12. The van der Waals surface area contributed by atoms with Crippen LogP contribution in [0.2, 0.25) is 0 Å². The summed E-state index contributed by atoms with van der Waals surface area (Å²) in [6.07, 6.45) is 1.62. The molecule has 14 heavy (non-hydrogen) atoms. The summed E-state index contributed by atoms with van der Waals surface area (Å²) < 4.78 is 0. The van der Waals surface area contributed by atoms with E-state index in [9.17, 15) is 0 Å². The average Bonchev–Trinajstić information content (AvgIpc) is 2.30. The summed E-state index contributed by atoms with van der Waals surface area (Å²) in [5.74, 6) is 0. The second-order valence-electron chi connectivity index (χ2n) is 2.79. The van der Waals surface area contributed by atoms with Crippen molar-refractivity contribution in [1.82, 2.24) is 10.2 Å². The number of halogens is 1. The first-order valence-electron chi connectivity index (χ1n) is 4.24. The van der Waals surface area contributed by atoms with Crippen LogP contribution in [-0.4, -0.2) is 10.2 Å². The molecule has 0 N–H and O–H groups in total. The molecule has 0 fully saturated rings. The van der Waals surface area contributed by atoms with E-state index >= 15 is 0 Å². The lowest BCUT2D eigenvalue weighted by Gasteiger charge is -2.05. The van der Waals surface area contributed by atoms with Crippen LogP contribution in [0.25, 0.3) is 0 Å². The van der Waals surface area contributed by atoms with Crippen LogP contribution in [0.1, 0.15) is 11.3 Å². The molecule has 2 rings (SSSR count). The number of benzene rings is 1. The molecule has 0 amide bonds. The lowest BCUT2D eigenvalue weighted by Crippen LogP contribution is -1.97. The van der Waals surface area contributed by atoms with Gasteiger partial charge in [-0.25, -0.2) is 0 Å². The molecular formula is C11H8ClN2. The molecule has 1 aromatic heterocycles. The van der Waals surface area contributed by atoms with E-state index in [0.717, 1.165) is 5.56 Å². The SMILES string of the molecule is Cl[C](c1ccccc1)c1cccnn1. The van der Waals surface area contributed by atoms with Gasteiger partial charge in [0.15, 0.2) is 0 Å². The molecule has 1 radical (unpaired) electrons. The van der Waals surface area contributed by atoms with Gasteiger partial charge in [0.1, 0.15) is 5.38 Å². The zero-order chi connectivity index (χ0) is 9.80. The monoisotopic (exact) mass is 203 g/mol. The Balaban J connectivity index is 2.30. The maximum Gasteiger partial charge on any atom is 0.142 e. The first-order chi connectivity index (χ1) is 6.88. The molecule has 2 aromatic rings. The topological polar surface area (TPSA) is 25.8 Å². The van der Waals surface area contributed by atoms with Gasteiger partial charge in [-0.05, 0) is 17.7 Å². The molecule has 1 aromatic carbocycles. The Labute approximate surface area is 87.6 Å². The second-order valence-corrected chi connectivity index (χ2v) is 3.17. The van der Waals surface area contributed by atoms with Crippen LogP contribution < -0.4 is 0 Å². The number of hydrogen-bond acceptors (Lipinski definition) is 2. The van der Waals surface area contributed by atoms with Crippen molar-refractivity contribution in [2.24, 2.45) is 0 Å². The fraction of sp³-hybridized carbons (Fsp3) is 0. The van der Waals surface area contributed by atoms with Crippen LogP contribution in [-0.2, 0) is 0 Å². The Kier molecular flexibility index (Phi) is 2.75. The summed E-state index contributed by atoms with van der Waals surface area (Å²) in [5, 5.41) is 8.34. The van der Waals surface area contributed by atoms with Crippen LogP contribution in [0.3, 0.4) is 0 Å². The number of aromatic nitrogens is 2. The van der Waals surface area contributed by atoms with E-state index in [4.69, 9.17) is 11.6 Å². The first-order valence-corrected chi connectivity index (χ1v) is 4.61. The Morgan fingerprint density at radius 2 is 1.79 bits per heavy atom. The van der Waals surface area contributed by atoms with Gasteiger partial charge in [-0.15, -0.1) is 11.6 Å². The quantitative estimate of drug-likeness (QED) is 0.750. The molecule has 0 bridgehead atoms. The van der Waals surface area contributed by atoms with Gasteiger partial charge in [0.05, 0.1) is 5.69 Å². The minimum absolute atomic E-state index is 0.624. The van der Waals surface area contributed by atoms with Crippen molar-refractivity contribution >= 4 is 11.6 Å². The maximum absolute atomic E-state index is 6.15. The summed E-state index contributed by atoms with van der Waals surface area (Å²) in [7, 11) is 0. The van der Waals surface area contributed by atoms with Crippen LogP contribution >= 0.6 is 11.6 Å². The molecule has 1 heterocycles. The zero-order valence-corrected chi connectivity index (χ0v) is 8.15. The third kappa shape index (κ3) is 1.91. The molecular weight excluding hydrogens is 196 g/mol. The van der Waals surface area contributed by atoms with Crippen molar-refractivity contribution in [2.75, 3.05) is 0 Å². The van der Waals surface area contributed by atoms with Crippen LogP contribution in [0, 0.1) is 5.38 Å². The molecule has 0 saturated heterocycles. The van der Waals surface area contributed by atoms with Crippen LogP contribution in [0.4, 0.5) is 0 Å². The fourth-order valence-corrected chi connectivity index (χ4v) is 1.38. The summed E-state index contributed by atoms with van der Waals surface area (Å²) in [6, 6.07) is 13.4. The van der Waals surface area contributed by atoms with Gasteiger partial charge < -0.3 is 0 Å². The lowest BCUT2D eigenvalue weighted by atomic mass is 10.1. The first kappa shape index (κ1) is 9.16. The summed E-state index contributed by atoms with van der Waals surface area (Å²) in [5.41, 5.74) is 1.65. The maximum atomic E-state index is 6.15. The van der Waals surface area contributed by atoms with Crippen LogP contribution in [0.5, 0.6) is 0 Å². The lowest BCUT2D eigenvalue weighted by molar-refractivity contribution is 0.982. The van der Waals surface area contributed by atoms with E-state index in [1.807, 2.05) is 42.5 Å². The third-order valence-corrected chi connectivity index (χ3v) is 2.24. The molecule has 0 spiro atoms. The molecule has 2 nitrogen and oxygen atoms in total. The summed E-state index contributed by atoms with van der Waals surface area (Å²) >= 11 is 6.15. The van der Waals surface area contributed by atoms with Gasteiger partial charge in [0, 0.05) is 6.20 Å². The third-order valence-electron chi connectivity index (χ3n) is 1.82. The fourth-order valence-electron chi connectivity index (χ4n) is 1.15. The Morgan fingerprint density at radius 1 is 1.00 bits per heavy atom. The van der Waals surface area contributed by atoms with Crippen molar-refractivity contribution in [1.29, 1.82) is 0 Å². The molecule has 0 unspecified atom stereocenters. The Morgan fingerprint density at radius 3 is 2.43 bits per heavy atom. The van der Waals surface area contributed by atoms with Crippen molar-refractivity contribution in [2.45, 2.75) is 0 Å². The predicted octanol–water partition coefficient (Wildman–Crippen LogP) is 2.64. The largest absolute Gasteiger partial charge is 0.159 e. The van der Waals surface area contributed by atoms with E-state index in [0.29, 0.717) is 11.1 Å². The molecule has 0 saturated carbocycles. The number of nitrogens with zero attached hydrogens (tertiary/aromatic N) is 2. The summed E-state index contributed by atoms with van der Waals surface area (Å²) in [6.45, 7) is 0. The van der Waals surface area contributed by atoms with Crippen molar-refractivity contribution < 1.29 is 0 Å². The van der Waals surface area contributed by atoms with Crippen molar-refractivity contribution in [3.63, 3.8) is 0 Å². The van der Waals surface area contributed by atoms with E-state index in [1.54, 1.807) is 6.20 Å². The van der Waals surface area contributed by atoms with E-state index < -0.39 is 0 Å². The molecule has 0 aliphatic heterocycles. The van der Waals surface area contributed by atoms with Gasteiger partial charge in [-0.1, -0.05) is 30.3 Å². The minimum Gasteiger partial charge on any atom is -0.159 e. The Hall–Kier alpha value is -1.41. The van der Waals surface area contributed by atoms with Crippen molar-refractivity contribution in [3.8, 4) is 0 Å². The second kappa shape index (κ2) is 4.20. The van der Waals surface area contributed by atoms with Gasteiger partial charge in [0.25, 0.3) is 0 Å². The van der Waals surface area contributed by atoms with E-state index in [-0.39, 0.29) is 0 Å². The van der Waals surface area contributed by atoms with E-state index in [1.165, 1.54) is 0 Å². The molecule has 0 aliphatic carbocycles. The smallest absolute Gasteiger partial charge is 0.142 e. The van der Waals surface area contributed by atoms with Crippen molar-refractivity contribution in [3.05, 3.63) is 65.3 Å². The zero-order valence-electron chi connectivity index (χ0n) is 7.39. The number of rotatable bonds is 2. The van der Waals surface area contributed by atoms with Gasteiger partial charge in [-0.3, -0.25) is 0 Å². The highest BCUT2D eigenvalue weighted by Crippen LogP contribution is 2.24. The van der Waals surface area contributed by atoms with Gasteiger partial charge in [-0.2, -0.15) is 10.2 Å².